The van der Waals surface area contributed by atoms with Crippen molar-refractivity contribution in [2.24, 2.45) is 0 Å². The van der Waals surface area contributed by atoms with Gasteiger partial charge >= 0.3 is 0 Å². The average molecular weight is 228 g/mol. The Morgan fingerprint density at radius 2 is 2.00 bits per heavy atom. The van der Waals surface area contributed by atoms with E-state index in [4.69, 9.17) is 16.7 Å². The van der Waals surface area contributed by atoms with E-state index in [0.29, 0.717) is 18.0 Å². The summed E-state index contributed by atoms with van der Waals surface area (Å²) in [7, 11) is 1.66. The van der Waals surface area contributed by atoms with E-state index < -0.39 is 0 Å². The van der Waals surface area contributed by atoms with E-state index in [2.05, 4.69) is 0 Å². The van der Waals surface area contributed by atoms with Crippen LogP contribution < -0.4 is 0 Å². The van der Waals surface area contributed by atoms with Crippen molar-refractivity contribution in [3.8, 4) is 0 Å². The normalized spacial score (nSPS) is 10.1. The lowest BCUT2D eigenvalue weighted by molar-refractivity contribution is 0.0767. The fourth-order valence-electron chi connectivity index (χ4n) is 1.21. The molecule has 0 aliphatic heterocycles. The SMILES string of the molecule is CN(CCO)C(=O)c1ccc(CCl)cc1. The van der Waals surface area contributed by atoms with Crippen molar-refractivity contribution in [2.75, 3.05) is 20.2 Å². The highest BCUT2D eigenvalue weighted by Gasteiger charge is 2.10. The first kappa shape index (κ1) is 12.0. The molecule has 0 heterocycles. The lowest BCUT2D eigenvalue weighted by atomic mass is 10.1. The molecular formula is C11H14ClNO2. The molecule has 0 aromatic heterocycles. The molecule has 1 aromatic carbocycles. The minimum Gasteiger partial charge on any atom is -0.395 e. The summed E-state index contributed by atoms with van der Waals surface area (Å²) in [4.78, 5) is 13.2. The molecule has 1 amide bonds. The molecular weight excluding hydrogens is 214 g/mol. The fraction of sp³-hybridized carbons (Fsp3) is 0.364. The maximum atomic E-state index is 11.7. The van der Waals surface area contributed by atoms with Gasteiger partial charge in [-0.25, -0.2) is 0 Å². The third kappa shape index (κ3) is 3.22. The summed E-state index contributed by atoms with van der Waals surface area (Å²) in [6, 6.07) is 7.14. The summed E-state index contributed by atoms with van der Waals surface area (Å²) < 4.78 is 0. The van der Waals surface area contributed by atoms with Gasteiger partial charge in [0.1, 0.15) is 0 Å². The van der Waals surface area contributed by atoms with Gasteiger partial charge < -0.3 is 10.0 Å². The van der Waals surface area contributed by atoms with E-state index in [0.717, 1.165) is 5.56 Å². The highest BCUT2D eigenvalue weighted by Crippen LogP contribution is 2.08. The van der Waals surface area contributed by atoms with Crippen molar-refractivity contribution in [3.63, 3.8) is 0 Å². The first-order chi connectivity index (χ1) is 7.19. The van der Waals surface area contributed by atoms with Gasteiger partial charge in [0.2, 0.25) is 0 Å². The van der Waals surface area contributed by atoms with Crippen LogP contribution in [0.4, 0.5) is 0 Å². The van der Waals surface area contributed by atoms with E-state index in [9.17, 15) is 4.79 Å². The molecule has 0 atom stereocenters. The first-order valence-corrected chi connectivity index (χ1v) is 5.23. The lowest BCUT2D eigenvalue weighted by Crippen LogP contribution is -2.29. The number of nitrogens with zero attached hydrogens (tertiary/aromatic N) is 1. The highest BCUT2D eigenvalue weighted by molar-refractivity contribution is 6.17. The fourth-order valence-corrected chi connectivity index (χ4v) is 1.39. The van der Waals surface area contributed by atoms with Gasteiger partial charge in [-0.3, -0.25) is 4.79 Å². The van der Waals surface area contributed by atoms with Crippen LogP contribution in [0.15, 0.2) is 24.3 Å². The van der Waals surface area contributed by atoms with Gasteiger partial charge in [0.05, 0.1) is 6.61 Å². The number of benzene rings is 1. The number of carbonyl (C=O) groups excluding carboxylic acids is 1. The summed E-state index contributed by atoms with van der Waals surface area (Å²) in [6.45, 7) is 0.318. The van der Waals surface area contributed by atoms with Crippen LogP contribution in [0.1, 0.15) is 15.9 Å². The molecule has 0 saturated heterocycles. The molecule has 0 fully saturated rings. The van der Waals surface area contributed by atoms with Crippen molar-refractivity contribution in [1.29, 1.82) is 0 Å². The van der Waals surface area contributed by atoms with Crippen molar-refractivity contribution in [2.45, 2.75) is 5.88 Å². The van der Waals surface area contributed by atoms with Crippen LogP contribution in [0.3, 0.4) is 0 Å². The quantitative estimate of drug-likeness (QED) is 0.792. The number of hydrogen-bond acceptors (Lipinski definition) is 2. The van der Waals surface area contributed by atoms with Crippen LogP contribution >= 0.6 is 11.6 Å². The number of carbonyl (C=O) groups is 1. The van der Waals surface area contributed by atoms with Crippen LogP contribution in [0.25, 0.3) is 0 Å². The number of alkyl halides is 1. The minimum absolute atomic E-state index is 0.0258. The van der Waals surface area contributed by atoms with Gasteiger partial charge in [-0.1, -0.05) is 12.1 Å². The van der Waals surface area contributed by atoms with Crippen LogP contribution in [-0.2, 0) is 5.88 Å². The number of amides is 1. The van der Waals surface area contributed by atoms with Gasteiger partial charge in [0.25, 0.3) is 5.91 Å². The van der Waals surface area contributed by atoms with Gasteiger partial charge in [-0.05, 0) is 17.7 Å². The van der Waals surface area contributed by atoms with Crippen molar-refractivity contribution >= 4 is 17.5 Å². The monoisotopic (exact) mass is 227 g/mol. The Morgan fingerprint density at radius 3 is 2.47 bits per heavy atom. The lowest BCUT2D eigenvalue weighted by Gasteiger charge is -2.15. The smallest absolute Gasteiger partial charge is 0.253 e. The van der Waals surface area contributed by atoms with E-state index in [-0.39, 0.29) is 12.5 Å². The number of aliphatic hydroxyl groups is 1. The molecule has 0 aliphatic carbocycles. The number of halogens is 1. The number of likely N-dealkylation sites (N-methyl/N-ethyl adjacent to an activating group) is 1. The Hall–Kier alpha value is -1.06. The molecule has 0 aliphatic rings. The zero-order chi connectivity index (χ0) is 11.3. The highest BCUT2D eigenvalue weighted by atomic mass is 35.5. The predicted octanol–water partition coefficient (Wildman–Crippen LogP) is 1.49. The van der Waals surface area contributed by atoms with Crippen molar-refractivity contribution in [3.05, 3.63) is 35.4 Å². The summed E-state index contributed by atoms with van der Waals surface area (Å²) >= 11 is 5.64. The van der Waals surface area contributed by atoms with Crippen LogP contribution in [0.5, 0.6) is 0 Å². The van der Waals surface area contributed by atoms with Crippen molar-refractivity contribution < 1.29 is 9.90 Å². The van der Waals surface area contributed by atoms with Crippen LogP contribution in [-0.4, -0.2) is 36.1 Å². The molecule has 0 spiro atoms. The van der Waals surface area contributed by atoms with Crippen molar-refractivity contribution in [1.82, 2.24) is 4.90 Å². The molecule has 1 rings (SSSR count). The van der Waals surface area contributed by atoms with E-state index in [1.165, 1.54) is 4.90 Å². The van der Waals surface area contributed by atoms with Gasteiger partial charge in [0, 0.05) is 25.0 Å². The maximum Gasteiger partial charge on any atom is 0.253 e. The van der Waals surface area contributed by atoms with Gasteiger partial charge in [0.15, 0.2) is 0 Å². The average Bonchev–Trinajstić information content (AvgIpc) is 2.28. The molecule has 0 saturated carbocycles. The molecule has 3 nitrogen and oxygen atoms in total. The molecule has 1 N–H and O–H groups in total. The van der Waals surface area contributed by atoms with Crippen LogP contribution in [0.2, 0.25) is 0 Å². The molecule has 82 valence electrons. The predicted molar refractivity (Wildman–Crippen MR) is 60.0 cm³/mol. The van der Waals surface area contributed by atoms with E-state index >= 15 is 0 Å². The zero-order valence-electron chi connectivity index (χ0n) is 8.61. The Labute approximate surface area is 94.3 Å². The summed E-state index contributed by atoms with van der Waals surface area (Å²) in [5.41, 5.74) is 1.60. The second kappa shape index (κ2) is 5.73. The molecule has 1 aromatic rings. The molecule has 4 heteroatoms. The summed E-state index contributed by atoms with van der Waals surface area (Å²) in [6.07, 6.45) is 0. The van der Waals surface area contributed by atoms with E-state index in [1.807, 2.05) is 12.1 Å². The summed E-state index contributed by atoms with van der Waals surface area (Å²) in [5.74, 6) is 0.353. The van der Waals surface area contributed by atoms with Gasteiger partial charge in [-0.2, -0.15) is 0 Å². The minimum atomic E-state index is -0.0924. The maximum absolute atomic E-state index is 11.7. The molecule has 0 unspecified atom stereocenters. The van der Waals surface area contributed by atoms with Crippen LogP contribution in [0, 0.1) is 0 Å². The number of rotatable bonds is 4. The molecule has 15 heavy (non-hydrogen) atoms. The number of aliphatic hydroxyl groups excluding tert-OH is 1. The topological polar surface area (TPSA) is 40.5 Å². The zero-order valence-corrected chi connectivity index (χ0v) is 9.37. The second-order valence-electron chi connectivity index (χ2n) is 3.28. The van der Waals surface area contributed by atoms with E-state index in [1.54, 1.807) is 19.2 Å². The third-order valence-corrected chi connectivity index (χ3v) is 2.45. The molecule has 0 radical (unpaired) electrons. The first-order valence-electron chi connectivity index (χ1n) is 4.70. The Morgan fingerprint density at radius 1 is 1.40 bits per heavy atom. The largest absolute Gasteiger partial charge is 0.395 e. The summed E-state index contributed by atoms with van der Waals surface area (Å²) in [5, 5.41) is 8.70. The number of hydrogen-bond donors (Lipinski definition) is 1. The van der Waals surface area contributed by atoms with Gasteiger partial charge in [-0.15, -0.1) is 11.6 Å². The second-order valence-corrected chi connectivity index (χ2v) is 3.55. The molecule has 0 bridgehead atoms. The Bertz CT molecular complexity index is 324. The standard InChI is InChI=1S/C11H14ClNO2/c1-13(6-7-14)11(15)10-4-2-9(8-12)3-5-10/h2-5,14H,6-8H2,1H3. The Balaban J connectivity index is 2.73. The Kier molecular flexibility index (Phi) is 4.59. The third-order valence-electron chi connectivity index (χ3n) is 2.14.